The Kier molecular flexibility index (Phi) is 10.1. The zero-order valence-electron chi connectivity index (χ0n) is 29.6. The van der Waals surface area contributed by atoms with Gasteiger partial charge in [-0.3, -0.25) is 0 Å². The van der Waals surface area contributed by atoms with Crippen LogP contribution in [-0.4, -0.2) is 19.6 Å². The van der Waals surface area contributed by atoms with Crippen molar-refractivity contribution >= 4 is 0 Å². The van der Waals surface area contributed by atoms with Gasteiger partial charge in [-0.2, -0.15) is 23.4 Å². The van der Waals surface area contributed by atoms with Crippen molar-refractivity contribution in [2.45, 2.75) is 84.7 Å². The van der Waals surface area contributed by atoms with Gasteiger partial charge in [0.25, 0.3) is 0 Å². The first-order valence-electron chi connectivity index (χ1n) is 17.6. The van der Waals surface area contributed by atoms with Gasteiger partial charge in [0, 0.05) is 12.4 Å². The summed E-state index contributed by atoms with van der Waals surface area (Å²) >= 11 is 0. The summed E-state index contributed by atoms with van der Waals surface area (Å²) in [6.07, 6.45) is 5.66. The van der Waals surface area contributed by atoms with Crippen LogP contribution in [0, 0.1) is 6.92 Å². The normalized spacial score (nSPS) is 12.1. The van der Waals surface area contributed by atoms with Crippen molar-refractivity contribution in [3.05, 3.63) is 143 Å². The minimum absolute atomic E-state index is 0.158. The molecule has 0 bridgehead atoms. The molecule has 4 aromatic carbocycles. The molecule has 50 heavy (non-hydrogen) atoms. The summed E-state index contributed by atoms with van der Waals surface area (Å²) in [6.45, 7) is 10.5. The third-order valence-electron chi connectivity index (χ3n) is 9.67. The first-order chi connectivity index (χ1) is 24.0. The van der Waals surface area contributed by atoms with Gasteiger partial charge in [0.15, 0.2) is 0 Å². The summed E-state index contributed by atoms with van der Waals surface area (Å²) in [5, 5.41) is 9.69. The second-order valence-electron chi connectivity index (χ2n) is 13.7. The maximum Gasteiger partial charge on any atom is 0.417 e. The minimum Gasteiger partial charge on any atom is -0.241 e. The lowest BCUT2D eigenvalue weighted by Gasteiger charge is -2.20. The standard InChI is InChI=1S/C43H45F3N4/c1-6-8-10-31-12-16-33(17-13-31)37-22-20-35(28-30(37)3)49-26-24-40(47-49)42(4,5)41-25-27-50(48-41)36-21-23-38(39(29-36)43(44,45)46)34-18-14-32(15-19-34)11-9-7-2/h12-29H,6-11H2,1-5H3. The van der Waals surface area contributed by atoms with Gasteiger partial charge in [-0.1, -0.05) is 87.4 Å². The van der Waals surface area contributed by atoms with E-state index in [4.69, 9.17) is 10.2 Å². The molecule has 0 spiro atoms. The predicted molar refractivity (Wildman–Crippen MR) is 197 cm³/mol. The first kappa shape index (κ1) is 34.9. The summed E-state index contributed by atoms with van der Waals surface area (Å²) in [6, 6.07) is 30.9. The van der Waals surface area contributed by atoms with E-state index in [0.717, 1.165) is 48.2 Å². The fraction of sp³-hybridized carbons (Fsp3) is 0.302. The van der Waals surface area contributed by atoms with Crippen LogP contribution in [0.1, 0.15) is 87.0 Å². The fourth-order valence-corrected chi connectivity index (χ4v) is 6.47. The molecule has 6 rings (SSSR count). The van der Waals surface area contributed by atoms with Gasteiger partial charge >= 0.3 is 6.18 Å². The molecule has 258 valence electrons. The van der Waals surface area contributed by atoms with E-state index >= 15 is 0 Å². The van der Waals surface area contributed by atoms with E-state index in [-0.39, 0.29) is 5.56 Å². The monoisotopic (exact) mass is 674 g/mol. The van der Waals surface area contributed by atoms with E-state index < -0.39 is 17.2 Å². The van der Waals surface area contributed by atoms with Crippen LogP contribution in [0.25, 0.3) is 33.6 Å². The van der Waals surface area contributed by atoms with E-state index in [1.165, 1.54) is 40.3 Å². The molecule has 4 nitrogen and oxygen atoms in total. The van der Waals surface area contributed by atoms with Crippen LogP contribution >= 0.6 is 0 Å². The maximum atomic E-state index is 14.4. The van der Waals surface area contributed by atoms with E-state index in [1.54, 1.807) is 30.5 Å². The molecule has 0 fully saturated rings. The highest BCUT2D eigenvalue weighted by Gasteiger charge is 2.35. The SMILES string of the molecule is CCCCc1ccc(-c2ccc(-n3ccc(C(C)(C)c4ccn(-c5ccc(-c6ccc(CCCC)cc6)c(C(F)(F)F)c5)n4)n3)cc2C)cc1. The van der Waals surface area contributed by atoms with Crippen molar-refractivity contribution in [2.75, 3.05) is 0 Å². The molecule has 0 saturated carbocycles. The van der Waals surface area contributed by atoms with Crippen molar-refractivity contribution in [1.29, 1.82) is 0 Å². The number of aromatic nitrogens is 4. The number of nitrogens with zero attached hydrogens (tertiary/aromatic N) is 4. The van der Waals surface area contributed by atoms with Crippen LogP contribution in [0.4, 0.5) is 13.2 Å². The third kappa shape index (κ3) is 7.47. The predicted octanol–water partition coefficient (Wildman–Crippen LogP) is 11.7. The largest absolute Gasteiger partial charge is 0.417 e. The molecule has 0 radical (unpaired) electrons. The quantitative estimate of drug-likeness (QED) is 0.130. The summed E-state index contributed by atoms with van der Waals surface area (Å²) in [7, 11) is 0. The van der Waals surface area contributed by atoms with Crippen LogP contribution in [0.2, 0.25) is 0 Å². The lowest BCUT2D eigenvalue weighted by atomic mass is 9.86. The molecule has 0 unspecified atom stereocenters. The second kappa shape index (κ2) is 14.5. The number of hydrogen-bond acceptors (Lipinski definition) is 2. The average Bonchev–Trinajstić information content (AvgIpc) is 3.82. The van der Waals surface area contributed by atoms with Gasteiger partial charge in [0.2, 0.25) is 0 Å². The maximum absolute atomic E-state index is 14.4. The zero-order valence-corrected chi connectivity index (χ0v) is 29.6. The molecule has 0 aliphatic heterocycles. The highest BCUT2D eigenvalue weighted by atomic mass is 19.4. The molecule has 0 aliphatic carbocycles. The lowest BCUT2D eigenvalue weighted by Crippen LogP contribution is -2.21. The van der Waals surface area contributed by atoms with Crippen LogP contribution in [0.5, 0.6) is 0 Å². The number of rotatable bonds is 12. The van der Waals surface area contributed by atoms with Crippen LogP contribution in [0.15, 0.2) is 109 Å². The molecule has 0 aliphatic rings. The minimum atomic E-state index is -4.52. The van der Waals surface area contributed by atoms with Crippen LogP contribution in [0.3, 0.4) is 0 Å². The molecule has 7 heteroatoms. The van der Waals surface area contributed by atoms with Gasteiger partial charge < -0.3 is 0 Å². The molecular weight excluding hydrogens is 629 g/mol. The van der Waals surface area contributed by atoms with Gasteiger partial charge in [-0.25, -0.2) is 9.36 Å². The number of halogens is 3. The molecule has 0 saturated heterocycles. The zero-order chi connectivity index (χ0) is 35.5. The Morgan fingerprint density at radius 2 is 1.04 bits per heavy atom. The first-order valence-corrected chi connectivity index (χ1v) is 17.6. The van der Waals surface area contributed by atoms with Gasteiger partial charge in [-0.15, -0.1) is 0 Å². The highest BCUT2D eigenvalue weighted by molar-refractivity contribution is 5.70. The van der Waals surface area contributed by atoms with Crippen molar-refractivity contribution in [2.24, 2.45) is 0 Å². The van der Waals surface area contributed by atoms with E-state index in [2.05, 4.69) is 63.2 Å². The Hall–Kier alpha value is -4.91. The summed E-state index contributed by atoms with van der Waals surface area (Å²) in [5.74, 6) is 0. The molecular formula is C43H45F3N4. The topological polar surface area (TPSA) is 35.6 Å². The highest BCUT2D eigenvalue weighted by Crippen LogP contribution is 2.39. The number of unbranched alkanes of at least 4 members (excludes halogenated alkanes) is 2. The Morgan fingerprint density at radius 1 is 0.580 bits per heavy atom. The van der Waals surface area contributed by atoms with Crippen molar-refractivity contribution in [1.82, 2.24) is 19.6 Å². The third-order valence-corrected chi connectivity index (χ3v) is 9.67. The molecule has 6 aromatic rings. The van der Waals surface area contributed by atoms with Crippen molar-refractivity contribution < 1.29 is 13.2 Å². The smallest absolute Gasteiger partial charge is 0.241 e. The van der Waals surface area contributed by atoms with Crippen LogP contribution < -0.4 is 0 Å². The Bertz CT molecular complexity index is 2050. The number of alkyl halides is 3. The van der Waals surface area contributed by atoms with Gasteiger partial charge in [-0.05, 0) is 122 Å². The molecule has 0 atom stereocenters. The molecule has 0 amide bonds. The average molecular weight is 675 g/mol. The Morgan fingerprint density at radius 3 is 1.50 bits per heavy atom. The second-order valence-corrected chi connectivity index (χ2v) is 13.7. The fourth-order valence-electron chi connectivity index (χ4n) is 6.47. The summed E-state index contributed by atoms with van der Waals surface area (Å²) < 4.78 is 46.5. The summed E-state index contributed by atoms with van der Waals surface area (Å²) in [4.78, 5) is 0. The Balaban J connectivity index is 1.22. The Labute approximate surface area is 293 Å². The van der Waals surface area contributed by atoms with Crippen molar-refractivity contribution in [3.8, 4) is 33.6 Å². The van der Waals surface area contributed by atoms with E-state index in [0.29, 0.717) is 16.9 Å². The summed E-state index contributed by atoms with van der Waals surface area (Å²) in [5.41, 5.74) is 8.27. The number of benzene rings is 4. The van der Waals surface area contributed by atoms with E-state index in [9.17, 15) is 13.2 Å². The van der Waals surface area contributed by atoms with Gasteiger partial charge in [0.1, 0.15) is 0 Å². The lowest BCUT2D eigenvalue weighted by molar-refractivity contribution is -0.137. The molecule has 2 aromatic heterocycles. The van der Waals surface area contributed by atoms with E-state index in [1.807, 2.05) is 49.0 Å². The van der Waals surface area contributed by atoms with Gasteiger partial charge in [0.05, 0.1) is 33.7 Å². The van der Waals surface area contributed by atoms with Crippen molar-refractivity contribution in [3.63, 3.8) is 0 Å². The molecule has 2 heterocycles. The van der Waals surface area contributed by atoms with Crippen LogP contribution in [-0.2, 0) is 24.4 Å². The molecule has 0 N–H and O–H groups in total. The number of hydrogen-bond donors (Lipinski definition) is 0. The number of aryl methyl sites for hydroxylation is 3.